The lowest BCUT2D eigenvalue weighted by Crippen LogP contribution is -2.37. The van der Waals surface area contributed by atoms with E-state index in [4.69, 9.17) is 5.84 Å². The van der Waals surface area contributed by atoms with Crippen LogP contribution >= 0.6 is 0 Å². The summed E-state index contributed by atoms with van der Waals surface area (Å²) in [7, 11) is 0. The SMILES string of the molecule is CC1(C)CCC(C(NN)c2ccccc2F)CC1. The second-order valence-electron chi connectivity index (χ2n) is 6.17. The number of nitrogens with two attached hydrogens (primary N) is 1. The van der Waals surface area contributed by atoms with Gasteiger partial charge in [-0.05, 0) is 43.1 Å². The van der Waals surface area contributed by atoms with Crippen LogP contribution in [0.4, 0.5) is 4.39 Å². The molecule has 1 aliphatic carbocycles. The highest BCUT2D eigenvalue weighted by molar-refractivity contribution is 5.22. The second kappa shape index (κ2) is 5.37. The lowest BCUT2D eigenvalue weighted by atomic mass is 9.70. The third-order valence-corrected chi connectivity index (χ3v) is 4.28. The van der Waals surface area contributed by atoms with Crippen molar-refractivity contribution in [2.75, 3.05) is 0 Å². The molecule has 1 aliphatic rings. The van der Waals surface area contributed by atoms with Gasteiger partial charge in [-0.2, -0.15) is 0 Å². The predicted molar refractivity (Wildman–Crippen MR) is 72.2 cm³/mol. The molecule has 0 heterocycles. The molecule has 2 nitrogen and oxygen atoms in total. The fourth-order valence-corrected chi connectivity index (χ4v) is 2.96. The van der Waals surface area contributed by atoms with Crippen LogP contribution < -0.4 is 11.3 Å². The fourth-order valence-electron chi connectivity index (χ4n) is 2.96. The van der Waals surface area contributed by atoms with Gasteiger partial charge in [0.2, 0.25) is 0 Å². The molecule has 2 rings (SSSR count). The van der Waals surface area contributed by atoms with E-state index in [0.717, 1.165) is 12.8 Å². The minimum absolute atomic E-state index is 0.0673. The molecule has 0 aromatic heterocycles. The summed E-state index contributed by atoms with van der Waals surface area (Å²) in [5, 5.41) is 0. The van der Waals surface area contributed by atoms with E-state index in [1.165, 1.54) is 18.9 Å². The van der Waals surface area contributed by atoms with Crippen LogP contribution in [0.2, 0.25) is 0 Å². The largest absolute Gasteiger partial charge is 0.271 e. The van der Waals surface area contributed by atoms with Crippen molar-refractivity contribution < 1.29 is 4.39 Å². The number of halogens is 1. The Morgan fingerprint density at radius 1 is 1.28 bits per heavy atom. The molecule has 0 saturated heterocycles. The normalized spacial score (nSPS) is 21.8. The van der Waals surface area contributed by atoms with E-state index < -0.39 is 0 Å². The molecule has 1 unspecified atom stereocenters. The second-order valence-corrected chi connectivity index (χ2v) is 6.17. The summed E-state index contributed by atoms with van der Waals surface area (Å²) in [4.78, 5) is 0. The van der Waals surface area contributed by atoms with E-state index in [2.05, 4.69) is 19.3 Å². The molecule has 1 aromatic carbocycles. The minimum atomic E-state index is -0.162. The molecule has 0 aliphatic heterocycles. The van der Waals surface area contributed by atoms with E-state index in [1.54, 1.807) is 6.07 Å². The Bertz CT molecular complexity index is 393. The first kappa shape index (κ1) is 13.5. The summed E-state index contributed by atoms with van der Waals surface area (Å²) in [5.74, 6) is 5.92. The van der Waals surface area contributed by atoms with Gasteiger partial charge >= 0.3 is 0 Å². The van der Waals surface area contributed by atoms with Crippen LogP contribution in [0, 0.1) is 17.2 Å². The first-order valence-electron chi connectivity index (χ1n) is 6.74. The van der Waals surface area contributed by atoms with Crippen molar-refractivity contribution in [3.8, 4) is 0 Å². The highest BCUT2D eigenvalue weighted by atomic mass is 19.1. The maximum Gasteiger partial charge on any atom is 0.128 e. The molecule has 18 heavy (non-hydrogen) atoms. The fraction of sp³-hybridized carbons (Fsp3) is 0.600. The first-order chi connectivity index (χ1) is 8.53. The number of hydrogen-bond donors (Lipinski definition) is 2. The summed E-state index contributed by atoms with van der Waals surface area (Å²) < 4.78 is 13.8. The van der Waals surface area contributed by atoms with Gasteiger partial charge in [0.15, 0.2) is 0 Å². The minimum Gasteiger partial charge on any atom is -0.271 e. The van der Waals surface area contributed by atoms with Crippen molar-refractivity contribution in [2.24, 2.45) is 17.2 Å². The number of rotatable bonds is 3. The van der Waals surface area contributed by atoms with Gasteiger partial charge in [-0.25, -0.2) is 4.39 Å². The average molecular weight is 250 g/mol. The quantitative estimate of drug-likeness (QED) is 0.636. The molecule has 0 amide bonds. The Morgan fingerprint density at radius 3 is 2.44 bits per heavy atom. The van der Waals surface area contributed by atoms with Gasteiger partial charge in [-0.15, -0.1) is 0 Å². The molecule has 1 saturated carbocycles. The molecule has 100 valence electrons. The van der Waals surface area contributed by atoms with Crippen LogP contribution in [-0.2, 0) is 0 Å². The van der Waals surface area contributed by atoms with Crippen LogP contribution in [0.5, 0.6) is 0 Å². The van der Waals surface area contributed by atoms with Crippen LogP contribution in [0.15, 0.2) is 24.3 Å². The van der Waals surface area contributed by atoms with E-state index in [-0.39, 0.29) is 11.9 Å². The summed E-state index contributed by atoms with van der Waals surface area (Å²) in [6.45, 7) is 4.61. The predicted octanol–water partition coefficient (Wildman–Crippen LogP) is 3.55. The van der Waals surface area contributed by atoms with E-state index in [1.807, 2.05) is 12.1 Å². The summed E-state index contributed by atoms with van der Waals surface area (Å²) in [5.41, 5.74) is 3.94. The van der Waals surface area contributed by atoms with Crippen molar-refractivity contribution in [1.29, 1.82) is 0 Å². The van der Waals surface area contributed by atoms with Crippen molar-refractivity contribution in [3.05, 3.63) is 35.6 Å². The monoisotopic (exact) mass is 250 g/mol. The molecule has 1 fully saturated rings. The van der Waals surface area contributed by atoms with Crippen molar-refractivity contribution >= 4 is 0 Å². The van der Waals surface area contributed by atoms with Crippen molar-refractivity contribution in [2.45, 2.75) is 45.6 Å². The van der Waals surface area contributed by atoms with Crippen LogP contribution in [-0.4, -0.2) is 0 Å². The maximum atomic E-state index is 13.8. The third kappa shape index (κ3) is 2.90. The van der Waals surface area contributed by atoms with Gasteiger partial charge in [-0.1, -0.05) is 32.0 Å². The van der Waals surface area contributed by atoms with E-state index >= 15 is 0 Å². The topological polar surface area (TPSA) is 38.0 Å². The summed E-state index contributed by atoms with van der Waals surface area (Å²) in [6.07, 6.45) is 4.58. The van der Waals surface area contributed by atoms with Gasteiger partial charge in [0.1, 0.15) is 5.82 Å². The number of benzene rings is 1. The smallest absolute Gasteiger partial charge is 0.128 e. The Morgan fingerprint density at radius 2 is 1.89 bits per heavy atom. The molecular weight excluding hydrogens is 227 g/mol. The van der Waals surface area contributed by atoms with Crippen LogP contribution in [0.25, 0.3) is 0 Å². The third-order valence-electron chi connectivity index (χ3n) is 4.28. The summed E-state index contributed by atoms with van der Waals surface area (Å²) >= 11 is 0. The number of hydrogen-bond acceptors (Lipinski definition) is 2. The van der Waals surface area contributed by atoms with Gasteiger partial charge in [0.25, 0.3) is 0 Å². The van der Waals surface area contributed by atoms with Gasteiger partial charge < -0.3 is 0 Å². The van der Waals surface area contributed by atoms with Gasteiger partial charge in [0.05, 0.1) is 6.04 Å². The van der Waals surface area contributed by atoms with Gasteiger partial charge in [-0.3, -0.25) is 11.3 Å². The van der Waals surface area contributed by atoms with E-state index in [0.29, 0.717) is 16.9 Å². The molecule has 3 N–H and O–H groups in total. The van der Waals surface area contributed by atoms with Crippen molar-refractivity contribution in [3.63, 3.8) is 0 Å². The Labute approximate surface area is 109 Å². The number of hydrazine groups is 1. The zero-order valence-electron chi connectivity index (χ0n) is 11.2. The first-order valence-corrected chi connectivity index (χ1v) is 6.74. The Hall–Kier alpha value is -0.930. The van der Waals surface area contributed by atoms with Crippen LogP contribution in [0.1, 0.15) is 51.1 Å². The molecule has 3 heteroatoms. The highest BCUT2D eigenvalue weighted by Crippen LogP contribution is 2.42. The van der Waals surface area contributed by atoms with Crippen LogP contribution in [0.3, 0.4) is 0 Å². The molecule has 1 atom stereocenters. The highest BCUT2D eigenvalue weighted by Gasteiger charge is 2.32. The molecule has 0 radical (unpaired) electrons. The Kier molecular flexibility index (Phi) is 4.03. The molecular formula is C15H23FN2. The standard InChI is InChI=1S/C15H23FN2/c1-15(2)9-7-11(8-10-15)14(18-17)12-5-3-4-6-13(12)16/h3-6,11,14,18H,7-10,17H2,1-2H3. The zero-order valence-corrected chi connectivity index (χ0v) is 11.2. The summed E-state index contributed by atoms with van der Waals surface area (Å²) in [6, 6.07) is 6.86. The molecule has 1 aromatic rings. The average Bonchev–Trinajstić information content (AvgIpc) is 2.34. The lowest BCUT2D eigenvalue weighted by Gasteiger charge is -2.38. The molecule has 0 bridgehead atoms. The Balaban J connectivity index is 2.13. The maximum absolute atomic E-state index is 13.8. The molecule has 0 spiro atoms. The lowest BCUT2D eigenvalue weighted by molar-refractivity contribution is 0.160. The van der Waals surface area contributed by atoms with E-state index in [9.17, 15) is 4.39 Å². The zero-order chi connectivity index (χ0) is 13.2. The number of nitrogens with one attached hydrogen (secondary N) is 1. The van der Waals surface area contributed by atoms with Gasteiger partial charge in [0, 0.05) is 5.56 Å². The van der Waals surface area contributed by atoms with Crippen molar-refractivity contribution in [1.82, 2.24) is 5.43 Å².